The highest BCUT2D eigenvalue weighted by Gasteiger charge is 2.19. The molecule has 0 spiro atoms. The Labute approximate surface area is 151 Å². The highest BCUT2D eigenvalue weighted by Crippen LogP contribution is 2.17. The Balaban J connectivity index is 1.69. The topological polar surface area (TPSA) is 78.1 Å². The smallest absolute Gasteiger partial charge is 0.258 e. The van der Waals surface area contributed by atoms with E-state index in [2.05, 4.69) is 15.3 Å². The van der Waals surface area contributed by atoms with E-state index in [1.807, 2.05) is 11.8 Å². The van der Waals surface area contributed by atoms with Crippen LogP contribution in [-0.2, 0) is 11.3 Å². The van der Waals surface area contributed by atoms with Crippen LogP contribution in [0.4, 0.5) is 0 Å². The minimum atomic E-state index is -0.192. The normalized spacial score (nSPS) is 15.2. The average Bonchev–Trinajstić information content (AvgIpc) is 3.06. The van der Waals surface area contributed by atoms with E-state index < -0.39 is 0 Å². The van der Waals surface area contributed by atoms with Crippen molar-refractivity contribution >= 4 is 28.4 Å². The molecule has 25 heavy (non-hydrogen) atoms. The molecule has 1 aromatic heterocycles. The van der Waals surface area contributed by atoms with Crippen LogP contribution in [0, 0.1) is 0 Å². The lowest BCUT2D eigenvalue weighted by Gasteiger charge is -2.21. The highest BCUT2D eigenvalue weighted by molar-refractivity contribution is 6.31. The Hall–Kier alpha value is -1.92. The van der Waals surface area contributed by atoms with Crippen LogP contribution in [0.3, 0.4) is 0 Å². The van der Waals surface area contributed by atoms with E-state index in [0.717, 1.165) is 12.8 Å². The number of carbonyl (C=O) groups excluding carboxylic acids is 1. The fourth-order valence-corrected chi connectivity index (χ4v) is 3.44. The van der Waals surface area contributed by atoms with Crippen LogP contribution in [0.1, 0.15) is 38.4 Å². The molecule has 1 amide bonds. The van der Waals surface area contributed by atoms with Gasteiger partial charge >= 0.3 is 0 Å². The van der Waals surface area contributed by atoms with Gasteiger partial charge in [-0.25, -0.2) is 4.98 Å². The summed E-state index contributed by atoms with van der Waals surface area (Å²) in [5, 5.41) is 4.14. The molecular formula is C18H23ClN4O2. The van der Waals surface area contributed by atoms with Crippen LogP contribution in [0.15, 0.2) is 23.0 Å². The number of hydrogen-bond donors (Lipinski definition) is 2. The Kier molecular flexibility index (Phi) is 5.71. The molecule has 0 radical (unpaired) electrons. The lowest BCUT2D eigenvalue weighted by Crippen LogP contribution is -2.41. The van der Waals surface area contributed by atoms with Gasteiger partial charge in [-0.05, 0) is 37.6 Å². The zero-order valence-electron chi connectivity index (χ0n) is 14.3. The number of aromatic nitrogens is 2. The van der Waals surface area contributed by atoms with Crippen molar-refractivity contribution in [2.45, 2.75) is 45.2 Å². The van der Waals surface area contributed by atoms with Crippen LogP contribution >= 0.6 is 11.6 Å². The standard InChI is InChI=1S/C18H23ClN4O2/c1-2-23(11-17(24)20-13-5-3-4-6-13)10-16-21-15-9-12(19)7-8-14(15)18(25)22-16/h7-9,13H,2-6,10-11H2,1H3,(H,20,24)(H,21,22,25). The molecule has 3 rings (SSSR count). The quantitative estimate of drug-likeness (QED) is 0.827. The molecule has 2 N–H and O–H groups in total. The third kappa shape index (κ3) is 4.58. The second-order valence-corrected chi connectivity index (χ2v) is 6.96. The minimum Gasteiger partial charge on any atom is -0.352 e. The molecule has 7 heteroatoms. The van der Waals surface area contributed by atoms with Crippen molar-refractivity contribution in [3.8, 4) is 0 Å². The van der Waals surface area contributed by atoms with Gasteiger partial charge in [0.05, 0.1) is 24.0 Å². The lowest BCUT2D eigenvalue weighted by atomic mass is 10.2. The number of H-pyrrole nitrogens is 1. The number of rotatable bonds is 6. The lowest BCUT2D eigenvalue weighted by molar-refractivity contribution is -0.123. The number of carbonyl (C=O) groups is 1. The number of nitrogens with zero attached hydrogens (tertiary/aromatic N) is 2. The van der Waals surface area contributed by atoms with Gasteiger partial charge in [-0.1, -0.05) is 31.4 Å². The monoisotopic (exact) mass is 362 g/mol. The van der Waals surface area contributed by atoms with Gasteiger partial charge in [-0.3, -0.25) is 14.5 Å². The zero-order chi connectivity index (χ0) is 17.8. The molecule has 0 atom stereocenters. The van der Waals surface area contributed by atoms with E-state index in [0.29, 0.717) is 47.4 Å². The first-order valence-electron chi connectivity index (χ1n) is 8.75. The molecular weight excluding hydrogens is 340 g/mol. The average molecular weight is 363 g/mol. The second kappa shape index (κ2) is 7.97. The molecule has 0 unspecified atom stereocenters. The summed E-state index contributed by atoms with van der Waals surface area (Å²) in [6.45, 7) is 3.38. The molecule has 134 valence electrons. The Morgan fingerprint density at radius 1 is 1.40 bits per heavy atom. The fraction of sp³-hybridized carbons (Fsp3) is 0.500. The molecule has 1 saturated carbocycles. The highest BCUT2D eigenvalue weighted by atomic mass is 35.5. The molecule has 0 bridgehead atoms. The summed E-state index contributed by atoms with van der Waals surface area (Å²) in [7, 11) is 0. The van der Waals surface area contributed by atoms with Crippen molar-refractivity contribution in [3.63, 3.8) is 0 Å². The summed E-state index contributed by atoms with van der Waals surface area (Å²) in [4.78, 5) is 33.7. The van der Waals surface area contributed by atoms with E-state index in [4.69, 9.17) is 11.6 Å². The van der Waals surface area contributed by atoms with Crippen LogP contribution < -0.4 is 10.9 Å². The summed E-state index contributed by atoms with van der Waals surface area (Å²) >= 11 is 5.99. The van der Waals surface area contributed by atoms with Gasteiger partial charge in [-0.15, -0.1) is 0 Å². The molecule has 1 heterocycles. The summed E-state index contributed by atoms with van der Waals surface area (Å²) in [6, 6.07) is 5.33. The van der Waals surface area contributed by atoms with E-state index in [1.165, 1.54) is 12.8 Å². The van der Waals surface area contributed by atoms with Crippen molar-refractivity contribution in [3.05, 3.63) is 39.4 Å². The molecule has 0 saturated heterocycles. The number of aromatic amines is 1. The number of fused-ring (bicyclic) bond motifs is 1. The Bertz CT molecular complexity index is 814. The molecule has 1 aliphatic rings. The van der Waals surface area contributed by atoms with Crippen molar-refractivity contribution < 1.29 is 4.79 Å². The van der Waals surface area contributed by atoms with Crippen LogP contribution in [0.5, 0.6) is 0 Å². The zero-order valence-corrected chi connectivity index (χ0v) is 15.1. The SMILES string of the molecule is CCN(CC(=O)NC1CCCC1)Cc1nc2cc(Cl)ccc2c(=O)[nH]1. The summed E-state index contributed by atoms with van der Waals surface area (Å²) in [5.74, 6) is 0.565. The van der Waals surface area contributed by atoms with Crippen molar-refractivity contribution in [2.24, 2.45) is 0 Å². The molecule has 1 aliphatic carbocycles. The van der Waals surface area contributed by atoms with Crippen molar-refractivity contribution in [2.75, 3.05) is 13.1 Å². The number of amides is 1. The number of nitrogens with one attached hydrogen (secondary N) is 2. The summed E-state index contributed by atoms with van der Waals surface area (Å²) in [5.41, 5.74) is 0.376. The minimum absolute atomic E-state index is 0.0277. The number of likely N-dealkylation sites (N-methyl/N-ethyl adjacent to an activating group) is 1. The fourth-order valence-electron chi connectivity index (χ4n) is 3.27. The van der Waals surface area contributed by atoms with Crippen LogP contribution in [-0.4, -0.2) is 39.9 Å². The van der Waals surface area contributed by atoms with E-state index in [-0.39, 0.29) is 11.5 Å². The number of benzene rings is 1. The van der Waals surface area contributed by atoms with Crippen LogP contribution in [0.2, 0.25) is 5.02 Å². The first-order chi connectivity index (χ1) is 12.0. The molecule has 1 fully saturated rings. The molecule has 2 aromatic rings. The van der Waals surface area contributed by atoms with Gasteiger partial charge in [0.25, 0.3) is 5.56 Å². The van der Waals surface area contributed by atoms with E-state index in [9.17, 15) is 9.59 Å². The van der Waals surface area contributed by atoms with Crippen molar-refractivity contribution in [1.82, 2.24) is 20.2 Å². The predicted octanol–water partition coefficient (Wildman–Crippen LogP) is 2.46. The van der Waals surface area contributed by atoms with Crippen molar-refractivity contribution in [1.29, 1.82) is 0 Å². The first kappa shape index (κ1) is 17.9. The van der Waals surface area contributed by atoms with E-state index in [1.54, 1.807) is 18.2 Å². The van der Waals surface area contributed by atoms with Gasteiger partial charge in [-0.2, -0.15) is 0 Å². The maximum atomic E-state index is 12.2. The first-order valence-corrected chi connectivity index (χ1v) is 9.13. The third-order valence-corrected chi connectivity index (χ3v) is 4.86. The third-order valence-electron chi connectivity index (χ3n) is 4.63. The maximum Gasteiger partial charge on any atom is 0.258 e. The van der Waals surface area contributed by atoms with Gasteiger partial charge in [0.15, 0.2) is 0 Å². The largest absolute Gasteiger partial charge is 0.352 e. The second-order valence-electron chi connectivity index (χ2n) is 6.53. The molecule has 0 aliphatic heterocycles. The van der Waals surface area contributed by atoms with Crippen LogP contribution in [0.25, 0.3) is 10.9 Å². The Morgan fingerprint density at radius 3 is 2.88 bits per heavy atom. The van der Waals surface area contributed by atoms with Gasteiger partial charge in [0.2, 0.25) is 5.91 Å². The van der Waals surface area contributed by atoms with E-state index >= 15 is 0 Å². The summed E-state index contributed by atoms with van der Waals surface area (Å²) in [6.07, 6.45) is 4.51. The Morgan fingerprint density at radius 2 is 2.16 bits per heavy atom. The predicted molar refractivity (Wildman–Crippen MR) is 98.7 cm³/mol. The van der Waals surface area contributed by atoms with Gasteiger partial charge in [0, 0.05) is 11.1 Å². The number of hydrogen-bond acceptors (Lipinski definition) is 4. The molecule has 1 aromatic carbocycles. The molecule has 6 nitrogen and oxygen atoms in total. The summed E-state index contributed by atoms with van der Waals surface area (Å²) < 4.78 is 0. The van der Waals surface area contributed by atoms with Gasteiger partial charge < -0.3 is 10.3 Å². The number of halogens is 1. The van der Waals surface area contributed by atoms with Gasteiger partial charge in [0.1, 0.15) is 5.82 Å². The maximum absolute atomic E-state index is 12.2.